The monoisotopic (exact) mass is 470 g/mol. The van der Waals surface area contributed by atoms with Gasteiger partial charge in [0.2, 0.25) is 0 Å². The van der Waals surface area contributed by atoms with Gasteiger partial charge in [0, 0.05) is 11.9 Å². The molecule has 0 spiro atoms. The molecular weight excluding hydrogens is 440 g/mol. The zero-order chi connectivity index (χ0) is 24.8. The first kappa shape index (κ1) is 24.2. The third-order valence-corrected chi connectivity index (χ3v) is 5.94. The van der Waals surface area contributed by atoms with Gasteiger partial charge in [0.15, 0.2) is 0 Å². The Morgan fingerprint density at radius 2 is 1.80 bits per heavy atom. The van der Waals surface area contributed by atoms with Crippen LogP contribution in [0.1, 0.15) is 27.9 Å². The molecule has 0 unspecified atom stereocenters. The molecule has 0 bridgehead atoms. The molecule has 6 heteroatoms. The van der Waals surface area contributed by atoms with Crippen molar-refractivity contribution in [3.8, 4) is 16.9 Å². The quantitative estimate of drug-likeness (QED) is 0.274. The largest absolute Gasteiger partial charge is 0.489 e. The van der Waals surface area contributed by atoms with E-state index in [1.807, 2.05) is 43.3 Å². The van der Waals surface area contributed by atoms with Crippen molar-refractivity contribution >= 4 is 16.9 Å². The van der Waals surface area contributed by atoms with Crippen LogP contribution in [0.25, 0.3) is 22.1 Å². The van der Waals surface area contributed by atoms with Crippen LogP contribution in [0.5, 0.6) is 5.75 Å². The van der Waals surface area contributed by atoms with Crippen LogP contribution in [0, 0.1) is 6.92 Å². The number of hydrogen-bond donors (Lipinski definition) is 1. The summed E-state index contributed by atoms with van der Waals surface area (Å²) in [7, 11) is 3.95. The third kappa shape index (κ3) is 5.97. The maximum atomic E-state index is 12.5. The lowest BCUT2D eigenvalue weighted by Crippen LogP contribution is -2.30. The van der Waals surface area contributed by atoms with E-state index in [2.05, 4.69) is 36.5 Å². The van der Waals surface area contributed by atoms with Crippen LogP contribution in [-0.4, -0.2) is 38.0 Å². The van der Waals surface area contributed by atoms with Crippen LogP contribution < -0.4 is 15.7 Å². The number of carbonyl (C=O) groups is 1. The summed E-state index contributed by atoms with van der Waals surface area (Å²) in [5.74, 6) is 0.201. The fraction of sp³-hybridized carbons (Fsp3) is 0.241. The molecule has 0 atom stereocenters. The van der Waals surface area contributed by atoms with E-state index in [4.69, 9.17) is 9.15 Å². The number of carbonyl (C=O) groups excluding carboxylic acids is 1. The second-order valence-electron chi connectivity index (χ2n) is 8.80. The van der Waals surface area contributed by atoms with Gasteiger partial charge >= 0.3 is 5.63 Å². The van der Waals surface area contributed by atoms with Gasteiger partial charge in [-0.25, -0.2) is 4.79 Å². The van der Waals surface area contributed by atoms with Gasteiger partial charge in [0.25, 0.3) is 5.91 Å². The van der Waals surface area contributed by atoms with Crippen LogP contribution in [0.3, 0.4) is 0 Å². The Balaban J connectivity index is 1.49. The third-order valence-electron chi connectivity index (χ3n) is 5.94. The summed E-state index contributed by atoms with van der Waals surface area (Å²) >= 11 is 0. The zero-order valence-corrected chi connectivity index (χ0v) is 20.3. The summed E-state index contributed by atoms with van der Waals surface area (Å²) in [5.41, 5.74) is 4.35. The average Bonchev–Trinajstić information content (AvgIpc) is 2.86. The van der Waals surface area contributed by atoms with Crippen LogP contribution >= 0.6 is 0 Å². The Labute approximate surface area is 205 Å². The van der Waals surface area contributed by atoms with Crippen molar-refractivity contribution in [3.63, 3.8) is 0 Å². The van der Waals surface area contributed by atoms with Crippen LogP contribution in [0.15, 0.2) is 82.0 Å². The van der Waals surface area contributed by atoms with E-state index in [-0.39, 0.29) is 5.56 Å². The number of amides is 1. The lowest BCUT2D eigenvalue weighted by molar-refractivity contribution is 0.0949. The van der Waals surface area contributed by atoms with E-state index in [0.29, 0.717) is 29.9 Å². The fourth-order valence-corrected chi connectivity index (χ4v) is 3.97. The van der Waals surface area contributed by atoms with Gasteiger partial charge in [-0.3, -0.25) is 4.79 Å². The molecule has 3 aromatic carbocycles. The molecule has 0 aliphatic heterocycles. The van der Waals surface area contributed by atoms with Crippen molar-refractivity contribution in [2.24, 2.45) is 0 Å². The van der Waals surface area contributed by atoms with Gasteiger partial charge in [-0.1, -0.05) is 48.5 Å². The average molecular weight is 471 g/mol. The first-order valence-corrected chi connectivity index (χ1v) is 11.7. The molecule has 6 nitrogen and oxygen atoms in total. The molecule has 0 fully saturated rings. The van der Waals surface area contributed by atoms with Crippen molar-refractivity contribution in [2.45, 2.75) is 20.0 Å². The Morgan fingerprint density at radius 1 is 1.00 bits per heavy atom. The minimum absolute atomic E-state index is 0.00842. The Morgan fingerprint density at radius 3 is 2.57 bits per heavy atom. The lowest BCUT2D eigenvalue weighted by atomic mass is 9.97. The summed E-state index contributed by atoms with van der Waals surface area (Å²) in [6.07, 6.45) is 0.792. The predicted molar refractivity (Wildman–Crippen MR) is 139 cm³/mol. The maximum Gasteiger partial charge on any atom is 0.349 e. The molecule has 35 heavy (non-hydrogen) atoms. The predicted octanol–water partition coefficient (Wildman–Crippen LogP) is 5.03. The Bertz CT molecular complexity index is 1380. The first-order valence-electron chi connectivity index (χ1n) is 11.7. The van der Waals surface area contributed by atoms with Crippen molar-refractivity contribution in [2.75, 3.05) is 27.2 Å². The molecule has 0 radical (unpaired) electrons. The van der Waals surface area contributed by atoms with E-state index >= 15 is 0 Å². The fourth-order valence-electron chi connectivity index (χ4n) is 3.97. The molecule has 4 rings (SSSR count). The molecule has 0 aliphatic carbocycles. The highest BCUT2D eigenvalue weighted by Gasteiger charge is 2.14. The number of ether oxygens (including phenoxy) is 1. The van der Waals surface area contributed by atoms with Gasteiger partial charge in [-0.15, -0.1) is 0 Å². The van der Waals surface area contributed by atoms with E-state index in [1.54, 1.807) is 24.3 Å². The van der Waals surface area contributed by atoms with Gasteiger partial charge in [0.05, 0.1) is 0 Å². The normalized spacial score (nSPS) is 11.1. The number of fused-ring (bicyclic) bond motifs is 1. The number of nitrogens with zero attached hydrogens (tertiary/aromatic N) is 1. The first-order chi connectivity index (χ1) is 16.9. The van der Waals surface area contributed by atoms with Gasteiger partial charge in [0.1, 0.15) is 23.5 Å². The highest BCUT2D eigenvalue weighted by atomic mass is 16.5. The molecule has 180 valence electrons. The highest BCUT2D eigenvalue weighted by molar-refractivity contribution is 5.96. The van der Waals surface area contributed by atoms with Crippen molar-refractivity contribution < 1.29 is 13.9 Å². The van der Waals surface area contributed by atoms with Gasteiger partial charge in [-0.2, -0.15) is 0 Å². The molecule has 0 saturated carbocycles. The highest BCUT2D eigenvalue weighted by Crippen LogP contribution is 2.27. The number of rotatable bonds is 9. The smallest absolute Gasteiger partial charge is 0.349 e. The minimum Gasteiger partial charge on any atom is -0.489 e. The molecule has 1 N–H and O–H groups in total. The molecule has 0 aliphatic rings. The van der Waals surface area contributed by atoms with Crippen molar-refractivity contribution in [1.82, 2.24) is 10.2 Å². The molecule has 1 aromatic heterocycles. The number of hydrogen-bond acceptors (Lipinski definition) is 5. The summed E-state index contributed by atoms with van der Waals surface area (Å²) in [6, 6.07) is 23.3. The minimum atomic E-state index is -0.648. The summed E-state index contributed by atoms with van der Waals surface area (Å²) in [5, 5.41) is 3.42. The maximum absolute atomic E-state index is 12.5. The van der Waals surface area contributed by atoms with Gasteiger partial charge in [-0.05, 0) is 80.5 Å². The van der Waals surface area contributed by atoms with Gasteiger partial charge < -0.3 is 19.4 Å². The zero-order valence-electron chi connectivity index (χ0n) is 20.3. The molecule has 0 saturated heterocycles. The number of benzene rings is 3. The SMILES string of the molecule is Cc1c(COc2ccc3oc(=O)c(C(=O)NCCCN(C)C)cc3c2)cccc1-c1ccccc1. The van der Waals surface area contributed by atoms with Crippen molar-refractivity contribution in [3.05, 3.63) is 99.9 Å². The molecule has 1 heterocycles. The van der Waals surface area contributed by atoms with E-state index in [1.165, 1.54) is 16.7 Å². The summed E-state index contributed by atoms with van der Waals surface area (Å²) < 4.78 is 11.5. The van der Waals surface area contributed by atoms with E-state index in [9.17, 15) is 9.59 Å². The number of nitrogens with one attached hydrogen (secondary N) is 1. The second-order valence-corrected chi connectivity index (χ2v) is 8.80. The Kier molecular flexibility index (Phi) is 7.63. The van der Waals surface area contributed by atoms with E-state index in [0.717, 1.165) is 18.5 Å². The molecular formula is C29H30N2O4. The summed E-state index contributed by atoms with van der Waals surface area (Å²) in [4.78, 5) is 26.9. The van der Waals surface area contributed by atoms with Crippen molar-refractivity contribution in [1.29, 1.82) is 0 Å². The lowest BCUT2D eigenvalue weighted by Gasteiger charge is -2.13. The summed E-state index contributed by atoms with van der Waals surface area (Å²) in [6.45, 7) is 3.83. The van der Waals surface area contributed by atoms with Crippen LogP contribution in [0.2, 0.25) is 0 Å². The van der Waals surface area contributed by atoms with E-state index < -0.39 is 11.5 Å². The second kappa shape index (κ2) is 11.0. The molecule has 4 aromatic rings. The van der Waals surface area contributed by atoms with Crippen LogP contribution in [-0.2, 0) is 6.61 Å². The topological polar surface area (TPSA) is 71.8 Å². The van der Waals surface area contributed by atoms with Crippen LogP contribution in [0.4, 0.5) is 0 Å². The Hall–Kier alpha value is -3.90. The molecule has 1 amide bonds. The standard InChI is InChI=1S/C29H30N2O4/c1-20-22(11-7-12-25(20)21-9-5-4-6-10-21)19-34-24-13-14-27-23(17-24)18-26(29(33)35-27)28(32)30-15-8-16-31(2)3/h4-7,9-14,17-18H,8,15-16,19H2,1-3H3,(H,30,32).